The molecule has 0 radical (unpaired) electrons. The molecule has 0 spiro atoms. The summed E-state index contributed by atoms with van der Waals surface area (Å²) < 4.78 is 13.4. The average Bonchev–Trinajstić information content (AvgIpc) is 2.35. The first-order valence-electron chi connectivity index (χ1n) is 5.01. The number of pyridine rings is 1. The van der Waals surface area contributed by atoms with E-state index in [4.69, 9.17) is 11.6 Å². The van der Waals surface area contributed by atoms with Gasteiger partial charge in [-0.25, -0.2) is 9.37 Å². The van der Waals surface area contributed by atoms with Crippen LogP contribution in [0.25, 0.3) is 0 Å². The van der Waals surface area contributed by atoms with Crippen molar-refractivity contribution in [2.75, 3.05) is 5.32 Å². The molecule has 4 nitrogen and oxygen atoms in total. The Kier molecular flexibility index (Phi) is 3.49. The summed E-state index contributed by atoms with van der Waals surface area (Å²) in [4.78, 5) is 11.3. The van der Waals surface area contributed by atoms with Crippen LogP contribution in [0.4, 0.5) is 10.2 Å². The van der Waals surface area contributed by atoms with Crippen molar-refractivity contribution in [2.45, 2.75) is 13.0 Å². The van der Waals surface area contributed by atoms with E-state index in [0.29, 0.717) is 0 Å². The van der Waals surface area contributed by atoms with Gasteiger partial charge in [-0.1, -0.05) is 0 Å². The first kappa shape index (κ1) is 11.7. The van der Waals surface area contributed by atoms with Crippen LogP contribution in [-0.4, -0.2) is 15.0 Å². The van der Waals surface area contributed by atoms with Crippen LogP contribution in [0.15, 0.2) is 30.7 Å². The first-order chi connectivity index (χ1) is 8.16. The molecular formula is C11H10ClFN4. The highest BCUT2D eigenvalue weighted by Gasteiger charge is 2.10. The number of nitrogens with zero attached hydrogens (tertiary/aromatic N) is 3. The summed E-state index contributed by atoms with van der Waals surface area (Å²) in [6, 6.07) is 3.59. The van der Waals surface area contributed by atoms with Gasteiger partial charge in [0.2, 0.25) is 5.28 Å². The molecule has 2 rings (SSSR count). The smallest absolute Gasteiger partial charge is 0.224 e. The molecule has 2 aromatic heterocycles. The average molecular weight is 253 g/mol. The van der Waals surface area contributed by atoms with Gasteiger partial charge in [-0.15, -0.1) is 0 Å². The molecule has 1 N–H and O–H groups in total. The Bertz CT molecular complexity index is 506. The van der Waals surface area contributed by atoms with Gasteiger partial charge >= 0.3 is 0 Å². The summed E-state index contributed by atoms with van der Waals surface area (Å²) in [7, 11) is 0. The van der Waals surface area contributed by atoms with Crippen molar-refractivity contribution >= 4 is 17.4 Å². The standard InChI is InChI=1S/C11H10ClFN4/c1-7(8-2-4-14-5-3-8)16-10-9(13)6-15-11(12)17-10/h2-7H,1H3,(H,15,16,17). The van der Waals surface area contributed by atoms with Crippen molar-refractivity contribution in [3.05, 3.63) is 47.4 Å². The van der Waals surface area contributed by atoms with Crippen LogP contribution in [0.2, 0.25) is 5.28 Å². The van der Waals surface area contributed by atoms with E-state index in [1.165, 1.54) is 0 Å². The summed E-state index contributed by atoms with van der Waals surface area (Å²) in [6.45, 7) is 1.89. The monoisotopic (exact) mass is 252 g/mol. The van der Waals surface area contributed by atoms with Gasteiger partial charge in [0.15, 0.2) is 11.6 Å². The number of anilines is 1. The SMILES string of the molecule is CC(Nc1nc(Cl)ncc1F)c1ccncc1. The van der Waals surface area contributed by atoms with Crippen molar-refractivity contribution in [3.63, 3.8) is 0 Å². The Hall–Kier alpha value is -1.75. The predicted octanol–water partition coefficient (Wildman–Crippen LogP) is 2.84. The molecule has 0 aromatic carbocycles. The van der Waals surface area contributed by atoms with E-state index in [-0.39, 0.29) is 17.1 Å². The van der Waals surface area contributed by atoms with E-state index >= 15 is 0 Å². The molecule has 0 saturated carbocycles. The van der Waals surface area contributed by atoms with Crippen molar-refractivity contribution in [2.24, 2.45) is 0 Å². The molecule has 6 heteroatoms. The number of halogens is 2. The van der Waals surface area contributed by atoms with Crippen LogP contribution < -0.4 is 5.32 Å². The minimum atomic E-state index is -0.532. The molecule has 2 aromatic rings. The Morgan fingerprint density at radius 1 is 1.35 bits per heavy atom. The van der Waals surface area contributed by atoms with Crippen molar-refractivity contribution < 1.29 is 4.39 Å². The van der Waals surface area contributed by atoms with E-state index in [9.17, 15) is 4.39 Å². The van der Waals surface area contributed by atoms with Crippen LogP contribution in [0, 0.1) is 5.82 Å². The first-order valence-corrected chi connectivity index (χ1v) is 5.39. The Labute approximate surface area is 103 Å². The Balaban J connectivity index is 2.18. The lowest BCUT2D eigenvalue weighted by molar-refractivity contribution is 0.613. The highest BCUT2D eigenvalue weighted by atomic mass is 35.5. The van der Waals surface area contributed by atoms with Crippen LogP contribution in [0.3, 0.4) is 0 Å². The summed E-state index contributed by atoms with van der Waals surface area (Å²) in [5.41, 5.74) is 0.981. The molecule has 17 heavy (non-hydrogen) atoms. The normalized spacial score (nSPS) is 12.2. The highest BCUT2D eigenvalue weighted by Crippen LogP contribution is 2.19. The van der Waals surface area contributed by atoms with Crippen LogP contribution >= 0.6 is 11.6 Å². The van der Waals surface area contributed by atoms with E-state index in [1.54, 1.807) is 12.4 Å². The molecule has 0 aliphatic carbocycles. The van der Waals surface area contributed by atoms with E-state index in [1.807, 2.05) is 19.1 Å². The van der Waals surface area contributed by atoms with Gasteiger partial charge in [0.25, 0.3) is 0 Å². The fourth-order valence-electron chi connectivity index (χ4n) is 1.39. The van der Waals surface area contributed by atoms with Gasteiger partial charge in [-0.05, 0) is 36.2 Å². The maximum absolute atomic E-state index is 13.4. The molecule has 2 heterocycles. The summed E-state index contributed by atoms with van der Waals surface area (Å²) >= 11 is 5.61. The lowest BCUT2D eigenvalue weighted by Crippen LogP contribution is -2.10. The second kappa shape index (κ2) is 5.05. The molecule has 0 fully saturated rings. The highest BCUT2D eigenvalue weighted by molar-refractivity contribution is 6.28. The maximum Gasteiger partial charge on any atom is 0.224 e. The predicted molar refractivity (Wildman–Crippen MR) is 63.3 cm³/mol. The van der Waals surface area contributed by atoms with Gasteiger partial charge in [0.1, 0.15) is 0 Å². The van der Waals surface area contributed by atoms with Gasteiger partial charge in [0.05, 0.1) is 12.2 Å². The Morgan fingerprint density at radius 2 is 2.06 bits per heavy atom. The molecule has 1 atom stereocenters. The fraction of sp³-hybridized carbons (Fsp3) is 0.182. The lowest BCUT2D eigenvalue weighted by Gasteiger charge is -2.14. The molecule has 0 aliphatic rings. The number of nitrogens with one attached hydrogen (secondary N) is 1. The third-order valence-electron chi connectivity index (χ3n) is 2.27. The van der Waals surface area contributed by atoms with Gasteiger partial charge in [0, 0.05) is 12.4 Å². The third kappa shape index (κ3) is 2.88. The summed E-state index contributed by atoms with van der Waals surface area (Å²) in [6.07, 6.45) is 4.39. The Morgan fingerprint density at radius 3 is 2.76 bits per heavy atom. The minimum Gasteiger partial charge on any atom is -0.361 e. The molecule has 88 valence electrons. The third-order valence-corrected chi connectivity index (χ3v) is 2.46. The van der Waals surface area contributed by atoms with Crippen LogP contribution in [-0.2, 0) is 0 Å². The molecule has 0 aliphatic heterocycles. The number of hydrogen-bond donors (Lipinski definition) is 1. The second-order valence-corrected chi connectivity index (χ2v) is 3.82. The molecular weight excluding hydrogens is 243 g/mol. The molecule has 1 unspecified atom stereocenters. The zero-order valence-electron chi connectivity index (χ0n) is 9.06. The van der Waals surface area contributed by atoms with Crippen molar-refractivity contribution in [1.29, 1.82) is 0 Å². The summed E-state index contributed by atoms with van der Waals surface area (Å²) in [5, 5.41) is 2.94. The lowest BCUT2D eigenvalue weighted by atomic mass is 10.1. The fourth-order valence-corrected chi connectivity index (χ4v) is 1.52. The van der Waals surface area contributed by atoms with Crippen LogP contribution in [0.5, 0.6) is 0 Å². The maximum atomic E-state index is 13.4. The van der Waals surface area contributed by atoms with Crippen molar-refractivity contribution in [1.82, 2.24) is 15.0 Å². The van der Waals surface area contributed by atoms with E-state index < -0.39 is 5.82 Å². The molecule has 0 amide bonds. The van der Waals surface area contributed by atoms with Crippen molar-refractivity contribution in [3.8, 4) is 0 Å². The quantitative estimate of drug-likeness (QED) is 0.854. The molecule has 0 bridgehead atoms. The van der Waals surface area contributed by atoms with Gasteiger partial charge < -0.3 is 5.32 Å². The zero-order chi connectivity index (χ0) is 12.3. The van der Waals surface area contributed by atoms with Gasteiger partial charge in [-0.3, -0.25) is 4.98 Å². The zero-order valence-corrected chi connectivity index (χ0v) is 9.82. The largest absolute Gasteiger partial charge is 0.361 e. The molecule has 0 saturated heterocycles. The van der Waals surface area contributed by atoms with E-state index in [2.05, 4.69) is 20.3 Å². The van der Waals surface area contributed by atoms with Crippen LogP contribution in [0.1, 0.15) is 18.5 Å². The summed E-state index contributed by atoms with van der Waals surface area (Å²) in [5.74, 6) is -0.440. The topological polar surface area (TPSA) is 50.7 Å². The van der Waals surface area contributed by atoms with E-state index in [0.717, 1.165) is 11.8 Å². The number of aromatic nitrogens is 3. The second-order valence-electron chi connectivity index (χ2n) is 3.48. The number of hydrogen-bond acceptors (Lipinski definition) is 4. The minimum absolute atomic E-state index is 0.0100. The number of rotatable bonds is 3. The van der Waals surface area contributed by atoms with Gasteiger partial charge in [-0.2, -0.15) is 4.98 Å².